The number of pyridine rings is 1. The molecule has 0 N–H and O–H groups in total. The van der Waals surface area contributed by atoms with Gasteiger partial charge in [0.25, 0.3) is 0 Å². The Hall–Kier alpha value is -2.18. The third-order valence-electron chi connectivity index (χ3n) is 3.30. The number of hydrogen-bond donors (Lipinski definition) is 0. The molecule has 0 amide bonds. The van der Waals surface area contributed by atoms with E-state index in [1.807, 2.05) is 0 Å². The zero-order valence-electron chi connectivity index (χ0n) is 11.2. The highest BCUT2D eigenvalue weighted by atomic mass is 35.5. The van der Waals surface area contributed by atoms with E-state index < -0.39 is 26.4 Å². The molecule has 0 spiro atoms. The molecule has 0 radical (unpaired) electrons. The smallest absolute Gasteiger partial charge is 0.320 e. The molecule has 0 atom stereocenters. The molecular formula is C15H10ClNO4S. The lowest BCUT2D eigenvalue weighted by atomic mass is 10.0. The van der Waals surface area contributed by atoms with Crippen LogP contribution in [0.4, 0.5) is 0 Å². The molecule has 0 saturated heterocycles. The van der Waals surface area contributed by atoms with Gasteiger partial charge in [-0.25, -0.2) is 8.42 Å². The summed E-state index contributed by atoms with van der Waals surface area (Å²) in [5.74, 6) is -0.946. The number of carbonyl (C=O) groups is 1. The van der Waals surface area contributed by atoms with Crippen LogP contribution in [0.15, 0.2) is 53.2 Å². The van der Waals surface area contributed by atoms with Crippen LogP contribution in [0.5, 0.6) is 0 Å². The van der Waals surface area contributed by atoms with Crippen molar-refractivity contribution in [2.24, 2.45) is 0 Å². The Morgan fingerprint density at radius 2 is 1.86 bits per heavy atom. The van der Waals surface area contributed by atoms with E-state index in [2.05, 4.69) is 0 Å². The van der Waals surface area contributed by atoms with Crippen molar-refractivity contribution in [2.45, 2.75) is 5.03 Å². The Bertz CT molecular complexity index is 902. The molecule has 0 bridgehead atoms. The number of nitrogens with zero attached hydrogens (tertiary/aromatic N) is 1. The van der Waals surface area contributed by atoms with E-state index in [-0.39, 0.29) is 15.9 Å². The number of carbonyl (C=O) groups excluding carboxylic acids is 1. The standard InChI is InChI=1S/C15H10ClNO4S/c16-12-5-3-10(4-6-12)8-11-9-22(20,21)15-13(14(11)18)2-1-7-17(15)19/h1-8H,9H2/b11-8+. The van der Waals surface area contributed by atoms with Crippen LogP contribution in [-0.2, 0) is 9.84 Å². The number of Topliss-reactive ketones (excluding diaryl/α,β-unsaturated/α-hetero) is 1. The van der Waals surface area contributed by atoms with Gasteiger partial charge in [0, 0.05) is 16.7 Å². The van der Waals surface area contributed by atoms with Crippen LogP contribution in [0.2, 0.25) is 5.02 Å². The van der Waals surface area contributed by atoms with Gasteiger partial charge in [-0.2, -0.15) is 4.73 Å². The first-order valence-electron chi connectivity index (χ1n) is 6.34. The fourth-order valence-corrected chi connectivity index (χ4v) is 4.05. The SMILES string of the molecule is O=C1/C(=C/c2ccc(Cl)cc2)CS(=O)(=O)c2c1ccc[n+]2[O-]. The summed E-state index contributed by atoms with van der Waals surface area (Å²) in [4.78, 5) is 12.4. The maximum Gasteiger partial charge on any atom is 0.320 e. The molecule has 0 saturated carbocycles. The maximum absolute atomic E-state index is 12.4. The molecule has 1 aliphatic rings. The highest BCUT2D eigenvalue weighted by Gasteiger charge is 2.39. The number of rotatable bonds is 1. The van der Waals surface area contributed by atoms with Gasteiger partial charge in [0.15, 0.2) is 12.0 Å². The molecule has 0 aliphatic carbocycles. The van der Waals surface area contributed by atoms with Crippen molar-refractivity contribution >= 4 is 33.3 Å². The summed E-state index contributed by atoms with van der Waals surface area (Å²) in [5, 5.41) is 11.7. The van der Waals surface area contributed by atoms with Gasteiger partial charge in [-0.1, -0.05) is 23.7 Å². The number of sulfone groups is 1. The van der Waals surface area contributed by atoms with Crippen LogP contribution >= 0.6 is 11.6 Å². The lowest BCUT2D eigenvalue weighted by molar-refractivity contribution is -0.646. The number of halogens is 1. The average molecular weight is 336 g/mol. The highest BCUT2D eigenvalue weighted by Crippen LogP contribution is 2.26. The summed E-state index contributed by atoms with van der Waals surface area (Å²) in [6, 6.07) is 9.36. The number of ketones is 1. The van der Waals surface area contributed by atoms with Crippen LogP contribution in [0, 0.1) is 5.21 Å². The van der Waals surface area contributed by atoms with Crippen molar-refractivity contribution in [3.63, 3.8) is 0 Å². The molecule has 2 heterocycles. The van der Waals surface area contributed by atoms with Crippen molar-refractivity contribution in [2.75, 3.05) is 5.75 Å². The summed E-state index contributed by atoms with van der Waals surface area (Å²) in [6.07, 6.45) is 2.57. The van der Waals surface area contributed by atoms with Crippen molar-refractivity contribution < 1.29 is 17.9 Å². The topological polar surface area (TPSA) is 78.2 Å². The largest absolute Gasteiger partial charge is 0.618 e. The zero-order chi connectivity index (χ0) is 15.9. The minimum atomic E-state index is -3.85. The van der Waals surface area contributed by atoms with Crippen LogP contribution in [0.3, 0.4) is 0 Å². The van der Waals surface area contributed by atoms with Crippen molar-refractivity contribution in [1.29, 1.82) is 0 Å². The average Bonchev–Trinajstić information content (AvgIpc) is 2.46. The summed E-state index contributed by atoms with van der Waals surface area (Å²) in [7, 11) is -3.85. The highest BCUT2D eigenvalue weighted by molar-refractivity contribution is 7.91. The Morgan fingerprint density at radius 1 is 1.18 bits per heavy atom. The molecule has 1 aromatic carbocycles. The maximum atomic E-state index is 12.4. The summed E-state index contributed by atoms with van der Waals surface area (Å²) < 4.78 is 24.7. The second kappa shape index (κ2) is 5.23. The van der Waals surface area contributed by atoms with E-state index in [0.717, 1.165) is 6.20 Å². The van der Waals surface area contributed by atoms with Gasteiger partial charge < -0.3 is 5.21 Å². The van der Waals surface area contributed by atoms with Gasteiger partial charge in [0.2, 0.25) is 9.84 Å². The van der Waals surface area contributed by atoms with Crippen molar-refractivity contribution in [1.82, 2.24) is 0 Å². The van der Waals surface area contributed by atoms with Gasteiger partial charge >= 0.3 is 5.03 Å². The normalized spacial score (nSPS) is 18.2. The molecule has 1 aromatic heterocycles. The summed E-state index contributed by atoms with van der Waals surface area (Å²) in [5.41, 5.74) is 0.697. The third kappa shape index (κ3) is 2.51. The fraction of sp³-hybridized carbons (Fsp3) is 0.0667. The predicted molar refractivity (Wildman–Crippen MR) is 81.2 cm³/mol. The first-order valence-corrected chi connectivity index (χ1v) is 8.37. The second-order valence-corrected chi connectivity index (χ2v) is 7.20. The molecule has 112 valence electrons. The van der Waals surface area contributed by atoms with Gasteiger partial charge in [-0.05, 0) is 29.8 Å². The Kier molecular flexibility index (Phi) is 3.50. The Morgan fingerprint density at radius 3 is 2.55 bits per heavy atom. The molecule has 5 nitrogen and oxygen atoms in total. The monoisotopic (exact) mass is 335 g/mol. The first-order chi connectivity index (χ1) is 10.4. The number of benzene rings is 1. The van der Waals surface area contributed by atoms with Crippen molar-refractivity contribution in [3.05, 3.63) is 69.5 Å². The number of hydrogen-bond acceptors (Lipinski definition) is 4. The van der Waals surface area contributed by atoms with Gasteiger partial charge in [0.05, 0.1) is 5.75 Å². The molecule has 22 heavy (non-hydrogen) atoms. The fourth-order valence-electron chi connectivity index (χ4n) is 2.33. The van der Waals surface area contributed by atoms with Gasteiger partial charge in [-0.3, -0.25) is 4.79 Å². The summed E-state index contributed by atoms with van der Waals surface area (Å²) in [6.45, 7) is 0. The van der Waals surface area contributed by atoms with E-state index >= 15 is 0 Å². The van der Waals surface area contributed by atoms with Crippen LogP contribution in [0.25, 0.3) is 6.08 Å². The Labute approximate surface area is 132 Å². The Balaban J connectivity index is 2.14. The van der Waals surface area contributed by atoms with E-state index in [1.165, 1.54) is 18.2 Å². The lowest BCUT2D eigenvalue weighted by Gasteiger charge is -2.16. The van der Waals surface area contributed by atoms with Crippen molar-refractivity contribution in [3.8, 4) is 0 Å². The van der Waals surface area contributed by atoms with E-state index in [9.17, 15) is 18.4 Å². The van der Waals surface area contributed by atoms with E-state index in [4.69, 9.17) is 11.6 Å². The molecule has 1 aliphatic heterocycles. The minimum absolute atomic E-state index is 0.0936. The predicted octanol–water partition coefficient (Wildman–Crippen LogP) is 2.03. The molecule has 7 heteroatoms. The van der Waals surface area contributed by atoms with Gasteiger partial charge in [-0.15, -0.1) is 0 Å². The van der Waals surface area contributed by atoms with Crippen LogP contribution in [0.1, 0.15) is 15.9 Å². The molecule has 0 unspecified atom stereocenters. The molecule has 2 aromatic rings. The minimum Gasteiger partial charge on any atom is -0.618 e. The quantitative estimate of drug-likeness (QED) is 0.454. The summed E-state index contributed by atoms with van der Waals surface area (Å²) >= 11 is 5.79. The van der Waals surface area contributed by atoms with Gasteiger partial charge in [0.1, 0.15) is 5.56 Å². The first kappa shape index (κ1) is 14.7. The molecular weight excluding hydrogens is 326 g/mol. The van der Waals surface area contributed by atoms with Crippen LogP contribution < -0.4 is 4.73 Å². The molecule has 3 rings (SSSR count). The van der Waals surface area contributed by atoms with Crippen LogP contribution in [-0.4, -0.2) is 20.0 Å². The number of aromatic nitrogens is 1. The molecule has 0 fully saturated rings. The second-order valence-electron chi connectivity index (χ2n) is 4.86. The lowest BCUT2D eigenvalue weighted by Crippen LogP contribution is -2.40. The van der Waals surface area contributed by atoms with E-state index in [0.29, 0.717) is 10.6 Å². The number of fused-ring (bicyclic) bond motifs is 1. The third-order valence-corrected chi connectivity index (χ3v) is 5.23. The van der Waals surface area contributed by atoms with E-state index in [1.54, 1.807) is 24.3 Å². The zero-order valence-corrected chi connectivity index (χ0v) is 12.8.